The zero-order valence-electron chi connectivity index (χ0n) is 13.2. The van der Waals surface area contributed by atoms with E-state index in [2.05, 4.69) is 69.2 Å². The summed E-state index contributed by atoms with van der Waals surface area (Å²) in [6.45, 7) is 11.0. The first-order valence-corrected chi connectivity index (χ1v) is 7.60. The first-order chi connectivity index (χ1) is 9.08. The molecule has 0 amide bonds. The fourth-order valence-corrected chi connectivity index (χ4v) is 2.09. The standard InChI is InChI=1S/C17H30N2/c1-6-12-18-17(13-19(5)14(3)4)16-10-8-15(7-2)9-11-16/h8-11,14,17-18H,6-7,12-13H2,1-5H3. The summed E-state index contributed by atoms with van der Waals surface area (Å²) in [4.78, 5) is 2.40. The van der Waals surface area contributed by atoms with Gasteiger partial charge in [0.15, 0.2) is 0 Å². The Morgan fingerprint density at radius 1 is 1.11 bits per heavy atom. The normalized spacial score (nSPS) is 13.2. The fourth-order valence-electron chi connectivity index (χ4n) is 2.09. The van der Waals surface area contributed by atoms with E-state index >= 15 is 0 Å². The molecule has 1 rings (SSSR count). The lowest BCUT2D eigenvalue weighted by Gasteiger charge is -2.28. The summed E-state index contributed by atoms with van der Waals surface area (Å²) >= 11 is 0. The lowest BCUT2D eigenvalue weighted by Crippen LogP contribution is -2.36. The molecule has 1 aromatic carbocycles. The molecule has 0 bridgehead atoms. The summed E-state index contributed by atoms with van der Waals surface area (Å²) in [6.07, 6.45) is 2.29. The van der Waals surface area contributed by atoms with Gasteiger partial charge >= 0.3 is 0 Å². The van der Waals surface area contributed by atoms with Crippen LogP contribution in [0.15, 0.2) is 24.3 Å². The zero-order chi connectivity index (χ0) is 14.3. The summed E-state index contributed by atoms with van der Waals surface area (Å²) in [5.74, 6) is 0. The fraction of sp³-hybridized carbons (Fsp3) is 0.647. The molecule has 19 heavy (non-hydrogen) atoms. The van der Waals surface area contributed by atoms with Gasteiger partial charge in [-0.1, -0.05) is 38.1 Å². The minimum absolute atomic E-state index is 0.429. The van der Waals surface area contributed by atoms with Crippen molar-refractivity contribution in [2.75, 3.05) is 20.1 Å². The Bertz CT molecular complexity index is 343. The lowest BCUT2D eigenvalue weighted by molar-refractivity contribution is 0.242. The molecule has 0 radical (unpaired) electrons. The van der Waals surface area contributed by atoms with Crippen LogP contribution in [0, 0.1) is 0 Å². The quantitative estimate of drug-likeness (QED) is 0.769. The predicted molar refractivity (Wildman–Crippen MR) is 84.6 cm³/mol. The number of likely N-dealkylation sites (N-methyl/N-ethyl adjacent to an activating group) is 1. The van der Waals surface area contributed by atoms with Crippen molar-refractivity contribution in [1.29, 1.82) is 0 Å². The van der Waals surface area contributed by atoms with E-state index in [9.17, 15) is 0 Å². The largest absolute Gasteiger partial charge is 0.309 e. The topological polar surface area (TPSA) is 15.3 Å². The van der Waals surface area contributed by atoms with Crippen LogP contribution in [-0.4, -0.2) is 31.1 Å². The first-order valence-electron chi connectivity index (χ1n) is 7.60. The highest BCUT2D eigenvalue weighted by atomic mass is 15.1. The number of hydrogen-bond acceptors (Lipinski definition) is 2. The van der Waals surface area contributed by atoms with Crippen molar-refractivity contribution >= 4 is 0 Å². The number of aryl methyl sites for hydroxylation is 1. The highest BCUT2D eigenvalue weighted by Crippen LogP contribution is 2.16. The van der Waals surface area contributed by atoms with Crippen molar-refractivity contribution in [3.8, 4) is 0 Å². The van der Waals surface area contributed by atoms with E-state index in [4.69, 9.17) is 0 Å². The molecule has 1 N–H and O–H groups in total. The Morgan fingerprint density at radius 2 is 1.74 bits per heavy atom. The maximum absolute atomic E-state index is 3.67. The number of benzene rings is 1. The van der Waals surface area contributed by atoms with E-state index in [1.165, 1.54) is 17.5 Å². The van der Waals surface area contributed by atoms with Crippen LogP contribution in [0.25, 0.3) is 0 Å². The maximum atomic E-state index is 3.67. The van der Waals surface area contributed by atoms with Crippen LogP contribution in [0.4, 0.5) is 0 Å². The van der Waals surface area contributed by atoms with Crippen LogP contribution in [-0.2, 0) is 6.42 Å². The minimum Gasteiger partial charge on any atom is -0.309 e. The summed E-state index contributed by atoms with van der Waals surface area (Å²) in [6, 6.07) is 10.1. The van der Waals surface area contributed by atoms with Crippen molar-refractivity contribution in [3.05, 3.63) is 35.4 Å². The summed E-state index contributed by atoms with van der Waals surface area (Å²) in [7, 11) is 2.20. The molecule has 1 atom stereocenters. The van der Waals surface area contributed by atoms with Crippen molar-refractivity contribution in [2.24, 2.45) is 0 Å². The van der Waals surface area contributed by atoms with Crippen LogP contribution < -0.4 is 5.32 Å². The molecule has 0 fully saturated rings. The molecule has 0 aliphatic heterocycles. The highest BCUT2D eigenvalue weighted by molar-refractivity contribution is 5.25. The van der Waals surface area contributed by atoms with E-state index in [1.807, 2.05) is 0 Å². The Morgan fingerprint density at radius 3 is 2.21 bits per heavy atom. The molecule has 0 saturated heterocycles. The first kappa shape index (κ1) is 16.2. The second kappa shape index (κ2) is 8.34. The number of rotatable bonds is 8. The van der Waals surface area contributed by atoms with Crippen LogP contribution in [0.3, 0.4) is 0 Å². The zero-order valence-corrected chi connectivity index (χ0v) is 13.2. The highest BCUT2D eigenvalue weighted by Gasteiger charge is 2.14. The molecule has 2 heteroatoms. The SMILES string of the molecule is CCCNC(CN(C)C(C)C)c1ccc(CC)cc1. The minimum atomic E-state index is 0.429. The summed E-state index contributed by atoms with van der Waals surface area (Å²) in [5, 5.41) is 3.67. The molecule has 2 nitrogen and oxygen atoms in total. The van der Waals surface area contributed by atoms with Crippen molar-refractivity contribution < 1.29 is 0 Å². The Labute approximate surface area is 119 Å². The van der Waals surface area contributed by atoms with Crippen LogP contribution >= 0.6 is 0 Å². The van der Waals surface area contributed by atoms with Gasteiger partial charge in [-0.25, -0.2) is 0 Å². The molecule has 0 spiro atoms. The Kier molecular flexibility index (Phi) is 7.11. The molecule has 1 aromatic rings. The smallest absolute Gasteiger partial charge is 0.0449 e. The van der Waals surface area contributed by atoms with E-state index in [0.29, 0.717) is 12.1 Å². The Balaban J connectivity index is 2.76. The van der Waals surface area contributed by atoms with Crippen molar-refractivity contribution in [1.82, 2.24) is 10.2 Å². The van der Waals surface area contributed by atoms with Gasteiger partial charge in [0.05, 0.1) is 0 Å². The van der Waals surface area contributed by atoms with Gasteiger partial charge in [-0.05, 0) is 51.4 Å². The monoisotopic (exact) mass is 262 g/mol. The molecule has 108 valence electrons. The van der Waals surface area contributed by atoms with Crippen molar-refractivity contribution in [2.45, 2.75) is 52.6 Å². The molecule has 0 heterocycles. The van der Waals surface area contributed by atoms with Gasteiger partial charge in [-0.2, -0.15) is 0 Å². The molecular formula is C17H30N2. The maximum Gasteiger partial charge on any atom is 0.0449 e. The van der Waals surface area contributed by atoms with Crippen molar-refractivity contribution in [3.63, 3.8) is 0 Å². The van der Waals surface area contributed by atoms with Crippen LogP contribution in [0.5, 0.6) is 0 Å². The van der Waals surface area contributed by atoms with Gasteiger partial charge in [0, 0.05) is 18.6 Å². The molecular weight excluding hydrogens is 232 g/mol. The number of nitrogens with zero attached hydrogens (tertiary/aromatic N) is 1. The molecule has 0 saturated carbocycles. The summed E-state index contributed by atoms with van der Waals surface area (Å²) in [5.41, 5.74) is 2.81. The van der Waals surface area contributed by atoms with Crippen LogP contribution in [0.2, 0.25) is 0 Å². The average molecular weight is 262 g/mol. The molecule has 0 aliphatic carbocycles. The van der Waals surface area contributed by atoms with E-state index in [1.54, 1.807) is 0 Å². The molecule has 0 aliphatic rings. The van der Waals surface area contributed by atoms with Gasteiger partial charge in [-0.15, -0.1) is 0 Å². The van der Waals surface area contributed by atoms with E-state index < -0.39 is 0 Å². The van der Waals surface area contributed by atoms with E-state index in [-0.39, 0.29) is 0 Å². The van der Waals surface area contributed by atoms with Gasteiger partial charge in [0.2, 0.25) is 0 Å². The summed E-state index contributed by atoms with van der Waals surface area (Å²) < 4.78 is 0. The lowest BCUT2D eigenvalue weighted by atomic mass is 10.0. The van der Waals surface area contributed by atoms with E-state index in [0.717, 1.165) is 19.5 Å². The van der Waals surface area contributed by atoms with Gasteiger partial charge in [-0.3, -0.25) is 0 Å². The number of hydrogen-bond donors (Lipinski definition) is 1. The Hall–Kier alpha value is -0.860. The van der Waals surface area contributed by atoms with Crippen LogP contribution in [0.1, 0.15) is 51.3 Å². The van der Waals surface area contributed by atoms with Gasteiger partial charge in [0.25, 0.3) is 0 Å². The third-order valence-electron chi connectivity index (χ3n) is 3.78. The van der Waals surface area contributed by atoms with Gasteiger partial charge in [0.1, 0.15) is 0 Å². The number of nitrogens with one attached hydrogen (secondary N) is 1. The molecule has 0 aromatic heterocycles. The second-order valence-corrected chi connectivity index (χ2v) is 5.64. The van der Waals surface area contributed by atoms with Gasteiger partial charge < -0.3 is 10.2 Å². The predicted octanol–water partition coefficient (Wildman–Crippen LogP) is 3.63. The second-order valence-electron chi connectivity index (χ2n) is 5.64. The third-order valence-corrected chi connectivity index (χ3v) is 3.78. The average Bonchev–Trinajstić information content (AvgIpc) is 2.43. The molecule has 1 unspecified atom stereocenters. The third kappa shape index (κ3) is 5.33.